The fourth-order valence-electron chi connectivity index (χ4n) is 0.806. The summed E-state index contributed by atoms with van der Waals surface area (Å²) in [5.74, 6) is 0. The average Bonchev–Trinajstić information content (AvgIpc) is 1.97. The molecule has 0 rings (SSSR count). The number of nitrogens with zero attached hydrogens (tertiary/aromatic N) is 1. The predicted molar refractivity (Wildman–Crippen MR) is 41.4 cm³/mol. The lowest BCUT2D eigenvalue weighted by Gasteiger charge is -2.03. The lowest BCUT2D eigenvalue weighted by atomic mass is 10.1. The highest BCUT2D eigenvalue weighted by molar-refractivity contribution is 4.51. The molecule has 0 spiro atoms. The third-order valence-corrected chi connectivity index (χ3v) is 1.47. The van der Waals surface area contributed by atoms with Crippen molar-refractivity contribution in [3.8, 4) is 0 Å². The highest BCUT2D eigenvalue weighted by Crippen LogP contribution is 1.99. The quantitative estimate of drug-likeness (QED) is 0.424. The Labute approximate surface area is 66.4 Å². The molecule has 0 aromatic rings. The number of unbranched alkanes of at least 4 members (excludes halogenated alkanes) is 1. The van der Waals surface area contributed by atoms with E-state index in [1.54, 1.807) is 0 Å². The Morgan fingerprint density at radius 1 is 1.45 bits per heavy atom. The minimum Gasteiger partial charge on any atom is -0.394 e. The van der Waals surface area contributed by atoms with Gasteiger partial charge in [0.2, 0.25) is 0 Å². The average molecular weight is 162 g/mol. The van der Waals surface area contributed by atoms with Crippen LogP contribution in [0.5, 0.6) is 0 Å². The molecule has 0 radical (unpaired) electrons. The van der Waals surface area contributed by atoms with Crippen molar-refractivity contribution in [1.82, 2.24) is 0 Å². The Morgan fingerprint density at radius 2 is 2.09 bits per heavy atom. The Balaban J connectivity index is 3.08. The second-order valence-corrected chi connectivity index (χ2v) is 2.68. The molecule has 2 N–H and O–H groups in total. The van der Waals surface area contributed by atoms with Gasteiger partial charge in [-0.2, -0.15) is 0 Å². The van der Waals surface area contributed by atoms with E-state index in [0.29, 0.717) is 13.0 Å². The molecule has 11 heavy (non-hydrogen) atoms. The van der Waals surface area contributed by atoms with Crippen LogP contribution in [-0.2, 0) is 0 Å². The van der Waals surface area contributed by atoms with E-state index in [0.717, 1.165) is 17.6 Å². The van der Waals surface area contributed by atoms with Crippen LogP contribution >= 0.6 is 0 Å². The van der Waals surface area contributed by atoms with Gasteiger partial charge in [0.05, 0.1) is 12.7 Å². The first-order valence-corrected chi connectivity index (χ1v) is 3.84. The normalized spacial score (nSPS) is 13.0. The maximum Gasteiger partial charge on any atom is 0.191 e. The molecule has 1 atom stereocenters. The summed E-state index contributed by atoms with van der Waals surface area (Å²) in [5.41, 5.74) is 0. The summed E-state index contributed by atoms with van der Waals surface area (Å²) in [5, 5.41) is 17.3. The third-order valence-electron chi connectivity index (χ3n) is 1.47. The van der Waals surface area contributed by atoms with Gasteiger partial charge in [0.15, 0.2) is 13.6 Å². The van der Waals surface area contributed by atoms with Crippen molar-refractivity contribution >= 4 is 0 Å². The van der Waals surface area contributed by atoms with Gasteiger partial charge in [-0.3, -0.25) is 0 Å². The largest absolute Gasteiger partial charge is 0.394 e. The Morgan fingerprint density at radius 3 is 2.55 bits per heavy atom. The standard InChI is InChI=1S/C7H16NO3/c1-8(11)5-3-2-4-7(10)6-9/h7,9-10H,2-6H2,1H3/q+1/t7-/m0/s1. The van der Waals surface area contributed by atoms with Gasteiger partial charge in [-0.15, -0.1) is 0 Å². The first-order valence-electron chi connectivity index (χ1n) is 3.84. The zero-order valence-corrected chi connectivity index (χ0v) is 6.86. The highest BCUT2D eigenvalue weighted by atomic mass is 16.3. The maximum absolute atomic E-state index is 10.4. The van der Waals surface area contributed by atoms with Crippen molar-refractivity contribution < 1.29 is 15.0 Å². The van der Waals surface area contributed by atoms with Crippen molar-refractivity contribution in [2.75, 3.05) is 20.2 Å². The van der Waals surface area contributed by atoms with Crippen LogP contribution in [0.15, 0.2) is 0 Å². The van der Waals surface area contributed by atoms with E-state index in [1.807, 2.05) is 0 Å². The fourth-order valence-corrected chi connectivity index (χ4v) is 0.806. The smallest absolute Gasteiger partial charge is 0.191 e. The zero-order chi connectivity index (χ0) is 8.69. The van der Waals surface area contributed by atoms with Crippen LogP contribution in [0.1, 0.15) is 19.3 Å². The summed E-state index contributed by atoms with van der Waals surface area (Å²) in [6.45, 7) is 0.311. The summed E-state index contributed by atoms with van der Waals surface area (Å²) in [6.07, 6.45) is 1.52. The second-order valence-electron chi connectivity index (χ2n) is 2.68. The number of aliphatic hydroxyl groups is 2. The molecule has 0 aromatic carbocycles. The van der Waals surface area contributed by atoms with E-state index in [2.05, 4.69) is 0 Å². The van der Waals surface area contributed by atoms with Gasteiger partial charge in [0.25, 0.3) is 0 Å². The first kappa shape index (κ1) is 10.5. The molecule has 0 aromatic heterocycles. The monoisotopic (exact) mass is 162 g/mol. The zero-order valence-electron chi connectivity index (χ0n) is 6.86. The van der Waals surface area contributed by atoms with Crippen LogP contribution in [-0.4, -0.2) is 41.3 Å². The van der Waals surface area contributed by atoms with Gasteiger partial charge in [-0.05, 0) is 17.6 Å². The number of hydrogen-bond acceptors (Lipinski definition) is 3. The van der Waals surface area contributed by atoms with Crippen LogP contribution < -0.4 is 0 Å². The molecule has 0 amide bonds. The van der Waals surface area contributed by atoms with Crippen molar-refractivity contribution in [2.24, 2.45) is 0 Å². The van der Waals surface area contributed by atoms with Crippen LogP contribution in [0.4, 0.5) is 0 Å². The molecule has 66 valence electrons. The maximum atomic E-state index is 10.4. The molecule has 0 saturated heterocycles. The van der Waals surface area contributed by atoms with E-state index in [9.17, 15) is 4.91 Å². The summed E-state index contributed by atoms with van der Waals surface area (Å²) < 4.78 is 0.866. The fraction of sp³-hybridized carbons (Fsp3) is 1.00. The summed E-state index contributed by atoms with van der Waals surface area (Å²) in [6, 6.07) is 0. The van der Waals surface area contributed by atoms with E-state index >= 15 is 0 Å². The number of rotatable bonds is 6. The topological polar surface area (TPSA) is 60.5 Å². The van der Waals surface area contributed by atoms with Crippen molar-refractivity contribution in [2.45, 2.75) is 25.4 Å². The minimum absolute atomic E-state index is 0.187. The van der Waals surface area contributed by atoms with Crippen molar-refractivity contribution in [3.63, 3.8) is 0 Å². The minimum atomic E-state index is -0.619. The lowest BCUT2D eigenvalue weighted by molar-refractivity contribution is -0.519. The van der Waals surface area contributed by atoms with Crippen molar-refractivity contribution in [3.05, 3.63) is 4.91 Å². The second kappa shape index (κ2) is 6.24. The third kappa shape index (κ3) is 7.42. The van der Waals surface area contributed by atoms with Crippen LogP contribution in [0.2, 0.25) is 0 Å². The molecule has 0 saturated carbocycles. The molecule has 0 fully saturated rings. The first-order chi connectivity index (χ1) is 5.16. The Hall–Kier alpha value is -0.480. The lowest BCUT2D eigenvalue weighted by Crippen LogP contribution is -2.12. The van der Waals surface area contributed by atoms with Gasteiger partial charge in [0.1, 0.15) is 0 Å². The summed E-state index contributed by atoms with van der Waals surface area (Å²) >= 11 is 0. The molecule has 0 aliphatic carbocycles. The van der Waals surface area contributed by atoms with Gasteiger partial charge < -0.3 is 10.2 Å². The van der Waals surface area contributed by atoms with Crippen LogP contribution in [0.25, 0.3) is 0 Å². The Bertz CT molecular complexity index is 116. The summed E-state index contributed by atoms with van der Waals surface area (Å²) in [7, 11) is 1.47. The van der Waals surface area contributed by atoms with E-state index in [1.165, 1.54) is 7.05 Å². The van der Waals surface area contributed by atoms with Gasteiger partial charge in [0, 0.05) is 11.3 Å². The van der Waals surface area contributed by atoms with E-state index in [-0.39, 0.29) is 6.61 Å². The van der Waals surface area contributed by atoms with E-state index in [4.69, 9.17) is 10.2 Å². The molecule has 0 unspecified atom stereocenters. The highest BCUT2D eigenvalue weighted by Gasteiger charge is 2.03. The molecule has 4 heteroatoms. The number of aliphatic hydroxyl groups excluding tert-OH is 2. The van der Waals surface area contributed by atoms with Crippen molar-refractivity contribution in [1.29, 1.82) is 0 Å². The SMILES string of the molecule is C[N+](=O)CCCC[C@H](O)CO. The Kier molecular flexibility index (Phi) is 5.97. The molecule has 0 heterocycles. The predicted octanol–water partition coefficient (Wildman–Crippen LogP) is -0.0814. The molecule has 0 bridgehead atoms. The molecular weight excluding hydrogens is 146 g/mol. The summed E-state index contributed by atoms with van der Waals surface area (Å²) in [4.78, 5) is 10.4. The number of nitroso groups, excluding NO2 is 1. The van der Waals surface area contributed by atoms with Gasteiger partial charge in [-0.1, -0.05) is 0 Å². The molecule has 0 aliphatic rings. The van der Waals surface area contributed by atoms with E-state index < -0.39 is 6.10 Å². The van der Waals surface area contributed by atoms with Gasteiger partial charge in [-0.25, -0.2) is 0 Å². The molecule has 0 aliphatic heterocycles. The van der Waals surface area contributed by atoms with Crippen LogP contribution in [0, 0.1) is 4.91 Å². The number of hydrogen-bond donors (Lipinski definition) is 2. The van der Waals surface area contributed by atoms with Gasteiger partial charge >= 0.3 is 0 Å². The van der Waals surface area contributed by atoms with Crippen LogP contribution in [0.3, 0.4) is 0 Å². The molecule has 4 nitrogen and oxygen atoms in total. The molecular formula is C7H16NO3+.